The van der Waals surface area contributed by atoms with Gasteiger partial charge in [-0.1, -0.05) is 6.92 Å². The fourth-order valence-electron chi connectivity index (χ4n) is 2.20. The monoisotopic (exact) mass is 211 g/mol. The summed E-state index contributed by atoms with van der Waals surface area (Å²) in [6.45, 7) is 8.99. The van der Waals surface area contributed by atoms with Crippen molar-refractivity contribution in [2.45, 2.75) is 6.92 Å². The molecule has 0 aromatic rings. The van der Waals surface area contributed by atoms with Crippen molar-refractivity contribution in [3.05, 3.63) is 0 Å². The Bertz CT molecular complexity index is 230. The van der Waals surface area contributed by atoms with Gasteiger partial charge in [-0.2, -0.15) is 0 Å². The summed E-state index contributed by atoms with van der Waals surface area (Å²) < 4.78 is 0. The first-order valence-electron chi connectivity index (χ1n) is 5.84. The highest BCUT2D eigenvalue weighted by Gasteiger charge is 2.28. The van der Waals surface area contributed by atoms with Crippen molar-refractivity contribution in [1.29, 1.82) is 0 Å². The van der Waals surface area contributed by atoms with Gasteiger partial charge in [0.25, 0.3) is 0 Å². The van der Waals surface area contributed by atoms with E-state index in [2.05, 4.69) is 23.8 Å². The third-order valence-electron chi connectivity index (χ3n) is 3.37. The molecule has 2 saturated heterocycles. The molecule has 0 aromatic heterocycles. The van der Waals surface area contributed by atoms with Gasteiger partial charge in [-0.25, -0.2) is 0 Å². The molecule has 4 nitrogen and oxygen atoms in total. The van der Waals surface area contributed by atoms with Crippen LogP contribution in [0, 0.1) is 5.92 Å². The molecule has 0 aliphatic carbocycles. The molecular weight excluding hydrogens is 190 g/mol. The Hall–Kier alpha value is -0.610. The van der Waals surface area contributed by atoms with E-state index in [9.17, 15) is 4.79 Å². The van der Waals surface area contributed by atoms with Gasteiger partial charge in [0.1, 0.15) is 0 Å². The van der Waals surface area contributed by atoms with Gasteiger partial charge < -0.3 is 9.80 Å². The molecule has 0 aromatic carbocycles. The minimum absolute atomic E-state index is 0.317. The third-order valence-corrected chi connectivity index (χ3v) is 3.37. The van der Waals surface area contributed by atoms with Crippen LogP contribution in [0.5, 0.6) is 0 Å². The molecule has 2 aliphatic heterocycles. The van der Waals surface area contributed by atoms with Crippen LogP contribution in [-0.4, -0.2) is 73.5 Å². The van der Waals surface area contributed by atoms with Crippen LogP contribution in [0.2, 0.25) is 0 Å². The van der Waals surface area contributed by atoms with E-state index in [1.54, 1.807) is 0 Å². The number of amides is 1. The third kappa shape index (κ3) is 2.69. The van der Waals surface area contributed by atoms with E-state index >= 15 is 0 Å². The summed E-state index contributed by atoms with van der Waals surface area (Å²) in [4.78, 5) is 18.3. The van der Waals surface area contributed by atoms with Crippen molar-refractivity contribution in [1.82, 2.24) is 14.7 Å². The fourth-order valence-corrected chi connectivity index (χ4v) is 2.20. The lowest BCUT2D eigenvalue weighted by Gasteiger charge is -2.39. The number of carbonyl (C=O) groups excluding carboxylic acids is 1. The first-order chi connectivity index (χ1) is 7.15. The zero-order valence-electron chi connectivity index (χ0n) is 9.78. The van der Waals surface area contributed by atoms with Crippen LogP contribution in [0.15, 0.2) is 0 Å². The maximum absolute atomic E-state index is 11.8. The van der Waals surface area contributed by atoms with Gasteiger partial charge >= 0.3 is 0 Å². The van der Waals surface area contributed by atoms with Gasteiger partial charge in [0.15, 0.2) is 0 Å². The molecule has 1 amide bonds. The molecule has 15 heavy (non-hydrogen) atoms. The van der Waals surface area contributed by atoms with Gasteiger partial charge in [-0.15, -0.1) is 0 Å². The number of piperazine rings is 1. The van der Waals surface area contributed by atoms with Crippen LogP contribution in [0.25, 0.3) is 0 Å². The molecule has 0 spiro atoms. The quantitative estimate of drug-likeness (QED) is 0.628. The van der Waals surface area contributed by atoms with Crippen LogP contribution in [0.1, 0.15) is 6.92 Å². The summed E-state index contributed by atoms with van der Waals surface area (Å²) in [7, 11) is 2.14. The highest BCUT2D eigenvalue weighted by Crippen LogP contribution is 2.14. The Morgan fingerprint density at radius 3 is 2.33 bits per heavy atom. The van der Waals surface area contributed by atoms with E-state index in [-0.39, 0.29) is 0 Å². The van der Waals surface area contributed by atoms with E-state index in [0.717, 1.165) is 39.3 Å². The predicted molar refractivity (Wildman–Crippen MR) is 59.7 cm³/mol. The molecule has 0 atom stereocenters. The van der Waals surface area contributed by atoms with Crippen molar-refractivity contribution in [3.8, 4) is 0 Å². The molecule has 0 unspecified atom stereocenters. The molecule has 0 saturated carbocycles. The van der Waals surface area contributed by atoms with E-state index in [1.807, 2.05) is 4.90 Å². The molecule has 0 radical (unpaired) electrons. The zero-order chi connectivity index (χ0) is 10.8. The fraction of sp³-hybridized carbons (Fsp3) is 0.909. The number of hydrogen-bond acceptors (Lipinski definition) is 3. The Labute approximate surface area is 91.8 Å². The molecule has 2 fully saturated rings. The van der Waals surface area contributed by atoms with Gasteiger partial charge in [0.2, 0.25) is 5.91 Å². The smallest absolute Gasteiger partial charge is 0.236 e. The SMILES string of the molecule is CC1CN(C(=O)CN2CCN(C)CC2)C1. The molecule has 2 aliphatic rings. The second kappa shape index (κ2) is 4.49. The van der Waals surface area contributed by atoms with Gasteiger partial charge in [-0.05, 0) is 13.0 Å². The second-order valence-electron chi connectivity index (χ2n) is 4.98. The number of likely N-dealkylation sites (N-methyl/N-ethyl adjacent to an activating group) is 1. The average molecular weight is 211 g/mol. The lowest BCUT2D eigenvalue weighted by atomic mass is 10.0. The van der Waals surface area contributed by atoms with Crippen LogP contribution >= 0.6 is 0 Å². The highest BCUT2D eigenvalue weighted by atomic mass is 16.2. The number of hydrogen-bond donors (Lipinski definition) is 0. The predicted octanol–water partition coefficient (Wildman–Crippen LogP) is -0.288. The van der Waals surface area contributed by atoms with Gasteiger partial charge in [0, 0.05) is 39.3 Å². The first-order valence-corrected chi connectivity index (χ1v) is 5.84. The summed E-state index contributed by atoms with van der Waals surface area (Å²) in [6.07, 6.45) is 0. The second-order valence-corrected chi connectivity index (χ2v) is 4.98. The van der Waals surface area contributed by atoms with Crippen molar-refractivity contribution in [2.24, 2.45) is 5.92 Å². The van der Waals surface area contributed by atoms with Crippen LogP contribution in [-0.2, 0) is 4.79 Å². The topological polar surface area (TPSA) is 26.8 Å². The van der Waals surface area contributed by atoms with E-state index in [4.69, 9.17) is 0 Å². The van der Waals surface area contributed by atoms with Crippen LogP contribution in [0.4, 0.5) is 0 Å². The van der Waals surface area contributed by atoms with Gasteiger partial charge in [0.05, 0.1) is 6.54 Å². The Morgan fingerprint density at radius 2 is 1.80 bits per heavy atom. The number of rotatable bonds is 2. The molecular formula is C11H21N3O. The molecule has 2 rings (SSSR count). The average Bonchev–Trinajstić information content (AvgIpc) is 2.17. The largest absolute Gasteiger partial charge is 0.341 e. The van der Waals surface area contributed by atoms with Gasteiger partial charge in [-0.3, -0.25) is 9.69 Å². The maximum atomic E-state index is 11.8. The standard InChI is InChI=1S/C11H21N3O/c1-10-7-14(8-10)11(15)9-13-5-3-12(2)4-6-13/h10H,3-9H2,1-2H3. The Morgan fingerprint density at radius 1 is 1.20 bits per heavy atom. The first kappa shape index (κ1) is 10.9. The van der Waals surface area contributed by atoms with Crippen LogP contribution in [0.3, 0.4) is 0 Å². The molecule has 0 bridgehead atoms. The van der Waals surface area contributed by atoms with Crippen molar-refractivity contribution in [3.63, 3.8) is 0 Å². The summed E-state index contributed by atoms with van der Waals surface area (Å²) in [5, 5.41) is 0. The van der Waals surface area contributed by atoms with Crippen LogP contribution < -0.4 is 0 Å². The van der Waals surface area contributed by atoms with Crippen molar-refractivity contribution in [2.75, 3.05) is 52.9 Å². The summed E-state index contributed by atoms with van der Waals surface area (Å²) >= 11 is 0. The van der Waals surface area contributed by atoms with E-state index < -0.39 is 0 Å². The Kier molecular flexibility index (Phi) is 3.26. The highest BCUT2D eigenvalue weighted by molar-refractivity contribution is 5.79. The number of nitrogens with zero attached hydrogens (tertiary/aromatic N) is 3. The summed E-state index contributed by atoms with van der Waals surface area (Å²) in [6, 6.07) is 0. The molecule has 86 valence electrons. The summed E-state index contributed by atoms with van der Waals surface area (Å²) in [5.74, 6) is 1.03. The lowest BCUT2D eigenvalue weighted by Crippen LogP contribution is -2.54. The number of likely N-dealkylation sites (tertiary alicyclic amines) is 1. The Balaban J connectivity index is 1.70. The van der Waals surface area contributed by atoms with E-state index in [1.165, 1.54) is 0 Å². The maximum Gasteiger partial charge on any atom is 0.236 e. The minimum Gasteiger partial charge on any atom is -0.341 e. The summed E-state index contributed by atoms with van der Waals surface area (Å²) in [5.41, 5.74) is 0. The molecule has 0 N–H and O–H groups in total. The lowest BCUT2D eigenvalue weighted by molar-refractivity contribution is -0.138. The normalized spacial score (nSPS) is 25.3. The minimum atomic E-state index is 0.317. The zero-order valence-corrected chi connectivity index (χ0v) is 9.78. The van der Waals surface area contributed by atoms with E-state index in [0.29, 0.717) is 18.4 Å². The van der Waals surface area contributed by atoms with Crippen molar-refractivity contribution >= 4 is 5.91 Å². The molecule has 4 heteroatoms. The number of carbonyl (C=O) groups is 1. The molecule has 2 heterocycles. The van der Waals surface area contributed by atoms with Crippen molar-refractivity contribution < 1.29 is 4.79 Å².